The number of aromatic nitrogens is 4. The van der Waals surface area contributed by atoms with Gasteiger partial charge in [-0.2, -0.15) is 0 Å². The number of nitrogens with one attached hydrogen (secondary N) is 1. The zero-order chi connectivity index (χ0) is 20.4. The lowest BCUT2D eigenvalue weighted by atomic mass is 10.2. The third kappa shape index (κ3) is 4.05. The van der Waals surface area contributed by atoms with Gasteiger partial charge in [-0.25, -0.2) is 20.2 Å². The fourth-order valence-electron chi connectivity index (χ4n) is 3.21. The lowest BCUT2D eigenvalue weighted by Crippen LogP contribution is -2.29. The summed E-state index contributed by atoms with van der Waals surface area (Å²) in [5, 5.41) is 4.67. The van der Waals surface area contributed by atoms with E-state index in [1.807, 2.05) is 35.0 Å². The normalized spacial score (nSPS) is 12.2. The molecule has 0 fully saturated rings. The Hall–Kier alpha value is -3.43. The van der Waals surface area contributed by atoms with Crippen molar-refractivity contribution in [1.29, 1.82) is 0 Å². The second-order valence-corrected chi connectivity index (χ2v) is 6.94. The predicted molar refractivity (Wildman–Crippen MR) is 109 cm³/mol. The van der Waals surface area contributed by atoms with Gasteiger partial charge in [-0.1, -0.05) is 6.07 Å². The van der Waals surface area contributed by atoms with Gasteiger partial charge in [0.05, 0.1) is 24.3 Å². The van der Waals surface area contributed by atoms with Crippen LogP contribution in [-0.4, -0.2) is 30.3 Å². The molecule has 0 unspecified atom stereocenters. The Labute approximate surface area is 167 Å². The van der Waals surface area contributed by atoms with Crippen LogP contribution in [-0.2, 0) is 13.1 Å². The van der Waals surface area contributed by atoms with Crippen molar-refractivity contribution in [2.45, 2.75) is 20.0 Å². The summed E-state index contributed by atoms with van der Waals surface area (Å²) in [6.07, 6.45) is 8.92. The van der Waals surface area contributed by atoms with Gasteiger partial charge >= 0.3 is 0 Å². The van der Waals surface area contributed by atoms with Crippen molar-refractivity contribution in [3.63, 3.8) is 0 Å². The van der Waals surface area contributed by atoms with Crippen LogP contribution in [0.2, 0.25) is 0 Å². The molecule has 9 heteroatoms. The van der Waals surface area contributed by atoms with Gasteiger partial charge < -0.3 is 24.9 Å². The first-order chi connectivity index (χ1) is 14.0. The highest BCUT2D eigenvalue weighted by Gasteiger charge is 2.11. The Balaban J connectivity index is 1.35. The number of nitrogens with zero attached hydrogens (tertiary/aromatic N) is 5. The zero-order valence-corrected chi connectivity index (χ0v) is 16.1. The Kier molecular flexibility index (Phi) is 5.15. The molecule has 4 rings (SSSR count). The van der Waals surface area contributed by atoms with E-state index in [-0.39, 0.29) is 5.82 Å². The molecule has 0 atom stereocenters. The topological polar surface area (TPSA) is 102 Å². The molecule has 0 aliphatic heterocycles. The van der Waals surface area contributed by atoms with E-state index in [9.17, 15) is 4.39 Å². The maximum Gasteiger partial charge on any atom is 0.152 e. The maximum atomic E-state index is 14.4. The highest BCUT2D eigenvalue weighted by atomic mass is 19.1. The summed E-state index contributed by atoms with van der Waals surface area (Å²) >= 11 is 0. The highest BCUT2D eigenvalue weighted by molar-refractivity contribution is 5.55. The number of hydrogen-bond acceptors (Lipinski definition) is 6. The number of halogens is 1. The first-order valence-electron chi connectivity index (χ1n) is 9.23. The molecule has 4 heterocycles. The number of fused-ring (bicyclic) bond motifs is 2. The van der Waals surface area contributed by atoms with Gasteiger partial charge in [0.1, 0.15) is 11.2 Å². The number of hydrazine groups is 1. The lowest BCUT2D eigenvalue weighted by molar-refractivity contribution is 0.378. The molecule has 0 amide bonds. The van der Waals surface area contributed by atoms with E-state index >= 15 is 0 Å². The van der Waals surface area contributed by atoms with Crippen LogP contribution in [0.5, 0.6) is 0 Å². The number of imidazole rings is 2. The van der Waals surface area contributed by atoms with Crippen LogP contribution < -0.4 is 16.9 Å². The molecule has 5 N–H and O–H groups in total. The third-order valence-electron chi connectivity index (χ3n) is 4.62. The molecule has 0 aromatic carbocycles. The van der Waals surface area contributed by atoms with Crippen molar-refractivity contribution in [2.75, 3.05) is 6.54 Å². The summed E-state index contributed by atoms with van der Waals surface area (Å²) in [5.74, 6) is 5.78. The molecule has 0 saturated heterocycles. The Morgan fingerprint density at radius 3 is 2.97 bits per heavy atom. The van der Waals surface area contributed by atoms with E-state index in [0.29, 0.717) is 42.1 Å². The SMILES string of the molecule is Cc1ccn2cnc(CNC/C(N)=C/N(N)Cc3cn4ccccc4n3)c2c1F. The van der Waals surface area contributed by atoms with Crippen molar-refractivity contribution < 1.29 is 4.39 Å². The monoisotopic (exact) mass is 394 g/mol. The van der Waals surface area contributed by atoms with Gasteiger partial charge in [0.2, 0.25) is 0 Å². The molecule has 4 aromatic heterocycles. The van der Waals surface area contributed by atoms with E-state index < -0.39 is 0 Å². The fraction of sp³-hybridized carbons (Fsp3) is 0.200. The smallest absolute Gasteiger partial charge is 0.152 e. The molecule has 4 aromatic rings. The number of aryl methyl sites for hydroxylation is 1. The van der Waals surface area contributed by atoms with Crippen LogP contribution >= 0.6 is 0 Å². The first-order valence-corrected chi connectivity index (χ1v) is 9.23. The minimum atomic E-state index is -0.258. The number of nitrogens with two attached hydrogens (primary N) is 2. The van der Waals surface area contributed by atoms with Crippen molar-refractivity contribution in [3.05, 3.63) is 83.8 Å². The minimum absolute atomic E-state index is 0.258. The Bertz CT molecular complexity index is 1140. The molecule has 0 aliphatic rings. The predicted octanol–water partition coefficient (Wildman–Crippen LogP) is 1.70. The quantitative estimate of drug-likeness (QED) is 0.326. The summed E-state index contributed by atoms with van der Waals surface area (Å²) < 4.78 is 18.0. The summed E-state index contributed by atoms with van der Waals surface area (Å²) in [7, 11) is 0. The second kappa shape index (κ2) is 7.90. The molecule has 0 spiro atoms. The number of hydrogen-bond donors (Lipinski definition) is 3. The van der Waals surface area contributed by atoms with E-state index in [2.05, 4.69) is 15.3 Å². The van der Waals surface area contributed by atoms with Crippen LogP contribution in [0.4, 0.5) is 4.39 Å². The van der Waals surface area contributed by atoms with E-state index in [1.165, 1.54) is 5.01 Å². The Morgan fingerprint density at radius 1 is 1.28 bits per heavy atom. The molecule has 0 aliphatic carbocycles. The minimum Gasteiger partial charge on any atom is -0.400 e. The van der Waals surface area contributed by atoms with E-state index in [0.717, 1.165) is 11.3 Å². The fourth-order valence-corrected chi connectivity index (χ4v) is 3.21. The van der Waals surface area contributed by atoms with E-state index in [1.54, 1.807) is 36.1 Å². The summed E-state index contributed by atoms with van der Waals surface area (Å²) in [4.78, 5) is 8.80. The molecule has 8 nitrogen and oxygen atoms in total. The van der Waals surface area contributed by atoms with Gasteiger partial charge in [-0.3, -0.25) is 0 Å². The second-order valence-electron chi connectivity index (χ2n) is 6.94. The van der Waals surface area contributed by atoms with Gasteiger partial charge in [0.15, 0.2) is 5.82 Å². The summed E-state index contributed by atoms with van der Waals surface area (Å²) in [5.41, 5.74) is 10.0. The van der Waals surface area contributed by atoms with Crippen LogP contribution in [0.25, 0.3) is 11.2 Å². The third-order valence-corrected chi connectivity index (χ3v) is 4.62. The number of rotatable bonds is 7. The molecule has 150 valence electrons. The molecule has 0 bridgehead atoms. The molecular formula is C20H23FN8. The van der Waals surface area contributed by atoms with Gasteiger partial charge in [-0.15, -0.1) is 0 Å². The highest BCUT2D eigenvalue weighted by Crippen LogP contribution is 2.17. The molecule has 0 radical (unpaired) electrons. The first kappa shape index (κ1) is 18.9. The van der Waals surface area contributed by atoms with Gasteiger partial charge in [0.25, 0.3) is 0 Å². The van der Waals surface area contributed by atoms with Crippen molar-refractivity contribution in [3.8, 4) is 0 Å². The standard InChI is InChI=1S/C20H23FN8/c1-14-5-7-28-13-25-17(20(28)19(14)21)9-24-8-15(22)10-29(23)12-16-11-27-6-3-2-4-18(27)26-16/h2-7,10-11,13,24H,8-9,12,22-23H2,1H3/b15-10-. The lowest BCUT2D eigenvalue weighted by Gasteiger charge is -2.13. The van der Waals surface area contributed by atoms with Gasteiger partial charge in [-0.05, 0) is 30.7 Å². The van der Waals surface area contributed by atoms with Crippen molar-refractivity contribution in [2.24, 2.45) is 11.6 Å². The van der Waals surface area contributed by atoms with Crippen LogP contribution in [0, 0.1) is 12.7 Å². The van der Waals surface area contributed by atoms with Crippen LogP contribution in [0.15, 0.2) is 61.1 Å². The Morgan fingerprint density at radius 2 is 2.14 bits per heavy atom. The largest absolute Gasteiger partial charge is 0.400 e. The average Bonchev–Trinajstić information content (AvgIpc) is 3.28. The van der Waals surface area contributed by atoms with Crippen molar-refractivity contribution >= 4 is 11.2 Å². The molecular weight excluding hydrogens is 371 g/mol. The zero-order valence-electron chi connectivity index (χ0n) is 16.1. The maximum absolute atomic E-state index is 14.4. The summed E-state index contributed by atoms with van der Waals surface area (Å²) in [6.45, 7) is 2.95. The average molecular weight is 394 g/mol. The molecule has 0 saturated carbocycles. The number of pyridine rings is 2. The van der Waals surface area contributed by atoms with Crippen molar-refractivity contribution in [1.82, 2.24) is 29.1 Å². The van der Waals surface area contributed by atoms with E-state index in [4.69, 9.17) is 11.6 Å². The summed E-state index contributed by atoms with van der Waals surface area (Å²) in [6, 6.07) is 7.54. The molecule has 29 heavy (non-hydrogen) atoms. The van der Waals surface area contributed by atoms with Crippen LogP contribution in [0.3, 0.4) is 0 Å². The van der Waals surface area contributed by atoms with Gasteiger partial charge in [0, 0.05) is 43.6 Å². The van der Waals surface area contributed by atoms with Crippen LogP contribution in [0.1, 0.15) is 17.0 Å².